The Kier molecular flexibility index (Phi) is 3.29. The molecule has 1 N–H and O–H groups in total. The number of thioether (sulfide) groups is 1. The summed E-state index contributed by atoms with van der Waals surface area (Å²) < 4.78 is 0. The first kappa shape index (κ1) is 11.3. The van der Waals surface area contributed by atoms with Crippen molar-refractivity contribution in [2.24, 2.45) is 0 Å². The maximum Gasteiger partial charge on any atom is 0.0912 e. The van der Waals surface area contributed by atoms with E-state index in [1.54, 1.807) is 0 Å². The van der Waals surface area contributed by atoms with Gasteiger partial charge in [-0.15, -0.1) is 0 Å². The summed E-state index contributed by atoms with van der Waals surface area (Å²) in [6.45, 7) is 1.98. The lowest BCUT2D eigenvalue weighted by atomic mass is 9.88. The second-order valence-corrected chi connectivity index (χ2v) is 5.74. The van der Waals surface area contributed by atoms with Gasteiger partial charge in [0.2, 0.25) is 0 Å². The average molecular weight is 243 g/mol. The van der Waals surface area contributed by atoms with E-state index in [1.165, 1.54) is 0 Å². The van der Waals surface area contributed by atoms with Gasteiger partial charge in [-0.1, -0.05) is 23.7 Å². The predicted molar refractivity (Wildman–Crippen MR) is 66.6 cm³/mol. The first-order valence-electron chi connectivity index (χ1n) is 5.19. The molecule has 2 rings (SSSR count). The van der Waals surface area contributed by atoms with Gasteiger partial charge in [0.25, 0.3) is 0 Å². The standard InChI is InChI=1S/C12H15ClOS/c1-9-2-3-10(8-11(9)13)12(14)4-6-15-7-5-12/h2-3,8,14H,4-7H2,1H3. The molecule has 1 aliphatic heterocycles. The molecule has 15 heavy (non-hydrogen) atoms. The summed E-state index contributed by atoms with van der Waals surface area (Å²) in [5.41, 5.74) is 1.38. The quantitative estimate of drug-likeness (QED) is 0.815. The van der Waals surface area contributed by atoms with E-state index in [0.29, 0.717) is 0 Å². The zero-order valence-corrected chi connectivity index (χ0v) is 10.4. The smallest absolute Gasteiger partial charge is 0.0912 e. The maximum absolute atomic E-state index is 10.5. The zero-order chi connectivity index (χ0) is 10.9. The van der Waals surface area contributed by atoms with Crippen molar-refractivity contribution in [2.45, 2.75) is 25.4 Å². The molecule has 0 saturated carbocycles. The van der Waals surface area contributed by atoms with Crippen LogP contribution >= 0.6 is 23.4 Å². The normalized spacial score (nSPS) is 20.2. The minimum absolute atomic E-state index is 0.650. The minimum atomic E-state index is -0.650. The summed E-state index contributed by atoms with van der Waals surface area (Å²) >= 11 is 7.98. The van der Waals surface area contributed by atoms with Crippen molar-refractivity contribution in [3.63, 3.8) is 0 Å². The first-order chi connectivity index (χ1) is 7.12. The topological polar surface area (TPSA) is 20.2 Å². The number of aryl methyl sites for hydroxylation is 1. The fourth-order valence-electron chi connectivity index (χ4n) is 1.88. The lowest BCUT2D eigenvalue weighted by Crippen LogP contribution is -2.30. The third-order valence-corrected chi connectivity index (χ3v) is 4.42. The van der Waals surface area contributed by atoms with Crippen LogP contribution in [0, 0.1) is 6.92 Å². The van der Waals surface area contributed by atoms with Crippen molar-refractivity contribution in [2.75, 3.05) is 11.5 Å². The molecule has 0 amide bonds. The molecule has 1 aromatic rings. The fourth-order valence-corrected chi connectivity index (χ4v) is 3.23. The molecule has 1 aromatic carbocycles. The highest BCUT2D eigenvalue weighted by atomic mass is 35.5. The summed E-state index contributed by atoms with van der Waals surface area (Å²) in [4.78, 5) is 0. The van der Waals surface area contributed by atoms with Gasteiger partial charge in [0.15, 0.2) is 0 Å². The molecule has 3 heteroatoms. The van der Waals surface area contributed by atoms with Gasteiger partial charge in [-0.2, -0.15) is 11.8 Å². The summed E-state index contributed by atoms with van der Waals surface area (Å²) in [6.07, 6.45) is 1.66. The van der Waals surface area contributed by atoms with Crippen LogP contribution in [0.2, 0.25) is 5.02 Å². The second-order valence-electron chi connectivity index (χ2n) is 4.11. The Labute approximate surface area is 99.8 Å². The monoisotopic (exact) mass is 242 g/mol. The van der Waals surface area contributed by atoms with Crippen molar-refractivity contribution >= 4 is 23.4 Å². The molecule has 0 bridgehead atoms. The molecule has 1 fully saturated rings. The highest BCUT2D eigenvalue weighted by molar-refractivity contribution is 7.99. The van der Waals surface area contributed by atoms with Gasteiger partial charge in [-0.3, -0.25) is 0 Å². The van der Waals surface area contributed by atoms with Gasteiger partial charge >= 0.3 is 0 Å². The number of hydrogen-bond donors (Lipinski definition) is 1. The lowest BCUT2D eigenvalue weighted by Gasteiger charge is -2.32. The Morgan fingerprint density at radius 1 is 1.33 bits per heavy atom. The van der Waals surface area contributed by atoms with Crippen molar-refractivity contribution in [3.05, 3.63) is 34.3 Å². The average Bonchev–Trinajstić information content (AvgIpc) is 2.23. The summed E-state index contributed by atoms with van der Waals surface area (Å²) in [5.74, 6) is 2.06. The Morgan fingerprint density at radius 3 is 2.60 bits per heavy atom. The molecule has 1 nitrogen and oxygen atoms in total. The van der Waals surface area contributed by atoms with Crippen LogP contribution in [-0.2, 0) is 5.60 Å². The summed E-state index contributed by atoms with van der Waals surface area (Å²) in [7, 11) is 0. The van der Waals surface area contributed by atoms with Crippen LogP contribution in [0.3, 0.4) is 0 Å². The number of rotatable bonds is 1. The predicted octanol–water partition coefficient (Wildman–Crippen LogP) is 3.36. The molecule has 1 saturated heterocycles. The van der Waals surface area contributed by atoms with E-state index in [9.17, 15) is 5.11 Å². The van der Waals surface area contributed by atoms with Crippen LogP contribution in [0.1, 0.15) is 24.0 Å². The van der Waals surface area contributed by atoms with Crippen LogP contribution in [0.25, 0.3) is 0 Å². The van der Waals surface area contributed by atoms with E-state index in [4.69, 9.17) is 11.6 Å². The number of hydrogen-bond acceptors (Lipinski definition) is 2. The Balaban J connectivity index is 2.31. The molecule has 1 heterocycles. The van der Waals surface area contributed by atoms with E-state index in [1.807, 2.05) is 36.9 Å². The number of aliphatic hydroxyl groups is 1. The second kappa shape index (κ2) is 4.36. The molecule has 0 unspecified atom stereocenters. The van der Waals surface area contributed by atoms with E-state index in [2.05, 4.69) is 0 Å². The number of halogens is 1. The van der Waals surface area contributed by atoms with E-state index >= 15 is 0 Å². The highest BCUT2D eigenvalue weighted by Crippen LogP contribution is 2.37. The molecule has 0 radical (unpaired) electrons. The maximum atomic E-state index is 10.5. The van der Waals surface area contributed by atoms with Gasteiger partial charge in [0.05, 0.1) is 5.60 Å². The molecule has 0 aromatic heterocycles. The number of benzene rings is 1. The Bertz CT molecular complexity index is 359. The van der Waals surface area contributed by atoms with Gasteiger partial charge in [0, 0.05) is 5.02 Å². The third kappa shape index (κ3) is 2.32. The molecular weight excluding hydrogens is 228 g/mol. The first-order valence-corrected chi connectivity index (χ1v) is 6.72. The van der Waals surface area contributed by atoms with Crippen molar-refractivity contribution in [1.29, 1.82) is 0 Å². The van der Waals surface area contributed by atoms with E-state index < -0.39 is 5.60 Å². The molecule has 1 aliphatic rings. The van der Waals surface area contributed by atoms with Crippen LogP contribution in [0.15, 0.2) is 18.2 Å². The summed E-state index contributed by atoms with van der Waals surface area (Å²) in [6, 6.07) is 5.89. The molecule has 0 spiro atoms. The van der Waals surface area contributed by atoms with Crippen LogP contribution < -0.4 is 0 Å². The molecule has 82 valence electrons. The third-order valence-electron chi connectivity index (χ3n) is 3.03. The van der Waals surface area contributed by atoms with Gasteiger partial charge in [0.1, 0.15) is 0 Å². The van der Waals surface area contributed by atoms with Crippen LogP contribution in [0.4, 0.5) is 0 Å². The van der Waals surface area contributed by atoms with Gasteiger partial charge < -0.3 is 5.11 Å². The Hall–Kier alpha value is -0.180. The Morgan fingerprint density at radius 2 is 2.00 bits per heavy atom. The molecule has 0 atom stereocenters. The largest absolute Gasteiger partial charge is 0.385 e. The minimum Gasteiger partial charge on any atom is -0.385 e. The summed E-state index contributed by atoms with van der Waals surface area (Å²) in [5, 5.41) is 11.2. The fraction of sp³-hybridized carbons (Fsp3) is 0.500. The van der Waals surface area contributed by atoms with Crippen LogP contribution in [0.5, 0.6) is 0 Å². The molecular formula is C12H15ClOS. The lowest BCUT2D eigenvalue weighted by molar-refractivity contribution is 0.0281. The van der Waals surface area contributed by atoms with Gasteiger partial charge in [-0.05, 0) is 48.5 Å². The molecule has 0 aliphatic carbocycles. The SMILES string of the molecule is Cc1ccc(C2(O)CCSCC2)cc1Cl. The van der Waals surface area contributed by atoms with Gasteiger partial charge in [-0.25, -0.2) is 0 Å². The zero-order valence-electron chi connectivity index (χ0n) is 8.79. The van der Waals surface area contributed by atoms with E-state index in [0.717, 1.165) is 40.5 Å². The van der Waals surface area contributed by atoms with Crippen molar-refractivity contribution < 1.29 is 5.11 Å². The van der Waals surface area contributed by atoms with Crippen molar-refractivity contribution in [3.8, 4) is 0 Å². The van der Waals surface area contributed by atoms with Crippen molar-refractivity contribution in [1.82, 2.24) is 0 Å². The highest BCUT2D eigenvalue weighted by Gasteiger charge is 2.31. The van der Waals surface area contributed by atoms with E-state index in [-0.39, 0.29) is 0 Å². The van der Waals surface area contributed by atoms with Crippen LogP contribution in [-0.4, -0.2) is 16.6 Å².